The van der Waals surface area contributed by atoms with Crippen LogP contribution in [0, 0.1) is 5.92 Å². The molecule has 1 aromatic carbocycles. The van der Waals surface area contributed by atoms with Gasteiger partial charge in [0.05, 0.1) is 4.90 Å². The molecule has 1 aliphatic carbocycles. The number of hydrogen-bond acceptors (Lipinski definition) is 4. The number of nitrogens with zero attached hydrogens (tertiary/aromatic N) is 2. The maximum atomic E-state index is 12.2. The van der Waals surface area contributed by atoms with E-state index in [0.717, 1.165) is 43.2 Å². The molecule has 1 aliphatic heterocycles. The summed E-state index contributed by atoms with van der Waals surface area (Å²) in [6.07, 6.45) is 1.88. The molecule has 0 bridgehead atoms. The Labute approximate surface area is 190 Å². The summed E-state index contributed by atoms with van der Waals surface area (Å²) in [6, 6.07) is 7.21. The van der Waals surface area contributed by atoms with Crippen LogP contribution in [0.25, 0.3) is 0 Å². The molecule has 1 saturated heterocycles. The first-order valence-corrected chi connectivity index (χ1v) is 12.1. The van der Waals surface area contributed by atoms with E-state index >= 15 is 0 Å². The fraction of sp³-hybridized carbons (Fsp3) is 0.632. The summed E-state index contributed by atoms with van der Waals surface area (Å²) < 4.78 is 27.2. The van der Waals surface area contributed by atoms with E-state index in [9.17, 15) is 8.42 Å². The molecular weight excluding hydrogens is 507 g/mol. The van der Waals surface area contributed by atoms with Gasteiger partial charge in [-0.05, 0) is 36.5 Å². The molecule has 158 valence electrons. The van der Waals surface area contributed by atoms with Gasteiger partial charge in [0.25, 0.3) is 0 Å². The highest BCUT2D eigenvalue weighted by Gasteiger charge is 2.28. The minimum Gasteiger partial charge on any atom is -0.352 e. The van der Waals surface area contributed by atoms with Crippen LogP contribution >= 0.6 is 35.7 Å². The lowest BCUT2D eigenvalue weighted by molar-refractivity contribution is 0.380. The van der Waals surface area contributed by atoms with Gasteiger partial charge >= 0.3 is 0 Å². The summed E-state index contributed by atoms with van der Waals surface area (Å²) in [5, 5.41) is 4.04. The third-order valence-electron chi connectivity index (χ3n) is 4.93. The number of hydrogen-bond donors (Lipinski definition) is 2. The Bertz CT molecular complexity index is 765. The predicted octanol–water partition coefficient (Wildman–Crippen LogP) is 2.89. The summed E-state index contributed by atoms with van der Waals surface area (Å²) in [7, 11) is -1.57. The fourth-order valence-corrected chi connectivity index (χ4v) is 5.66. The summed E-state index contributed by atoms with van der Waals surface area (Å²) in [6.45, 7) is 7.17. The van der Waals surface area contributed by atoms with E-state index in [-0.39, 0.29) is 30.0 Å². The number of guanidine groups is 1. The second-order valence-electron chi connectivity index (χ2n) is 7.54. The first kappa shape index (κ1) is 23.8. The molecule has 28 heavy (non-hydrogen) atoms. The fourth-order valence-electron chi connectivity index (χ4n) is 3.06. The van der Waals surface area contributed by atoms with Crippen LogP contribution in [0.2, 0.25) is 0 Å². The second kappa shape index (κ2) is 10.5. The molecule has 6 nitrogen and oxygen atoms in total. The normalized spacial score (nSPS) is 20.8. The van der Waals surface area contributed by atoms with Crippen molar-refractivity contribution in [2.45, 2.75) is 49.4 Å². The zero-order valence-electron chi connectivity index (χ0n) is 16.7. The molecule has 9 heteroatoms. The molecule has 0 spiro atoms. The Kier molecular flexibility index (Phi) is 8.90. The van der Waals surface area contributed by atoms with Gasteiger partial charge in [-0.15, -0.1) is 24.0 Å². The van der Waals surface area contributed by atoms with Gasteiger partial charge in [0, 0.05) is 43.7 Å². The van der Waals surface area contributed by atoms with Crippen LogP contribution < -0.4 is 10.0 Å². The van der Waals surface area contributed by atoms with E-state index in [1.807, 2.05) is 30.9 Å². The van der Waals surface area contributed by atoms with Crippen LogP contribution in [0.4, 0.5) is 0 Å². The summed E-state index contributed by atoms with van der Waals surface area (Å²) in [4.78, 5) is 7.08. The van der Waals surface area contributed by atoms with Crippen molar-refractivity contribution in [3.05, 3.63) is 29.8 Å². The number of sulfonamides is 1. The van der Waals surface area contributed by atoms with Gasteiger partial charge in [0.1, 0.15) is 0 Å². The van der Waals surface area contributed by atoms with Crippen LogP contribution in [0.1, 0.15) is 32.3 Å². The van der Waals surface area contributed by atoms with Crippen molar-refractivity contribution in [2.24, 2.45) is 10.9 Å². The molecule has 3 rings (SSSR count). The molecular formula is C19H31IN4O2S2. The van der Waals surface area contributed by atoms with Crippen LogP contribution in [0.3, 0.4) is 0 Å². The zero-order valence-corrected chi connectivity index (χ0v) is 20.7. The smallest absolute Gasteiger partial charge is 0.240 e. The molecule has 1 saturated carbocycles. The summed E-state index contributed by atoms with van der Waals surface area (Å²) in [5.41, 5.74) is 1.04. The Morgan fingerprint density at radius 1 is 1.29 bits per heavy atom. The van der Waals surface area contributed by atoms with Crippen molar-refractivity contribution >= 4 is 51.7 Å². The molecule has 2 aliphatic rings. The van der Waals surface area contributed by atoms with E-state index in [1.165, 1.54) is 0 Å². The lowest BCUT2D eigenvalue weighted by Crippen LogP contribution is -2.48. The lowest BCUT2D eigenvalue weighted by atomic mass is 10.1. The second-order valence-corrected chi connectivity index (χ2v) is 10.6. The largest absolute Gasteiger partial charge is 0.352 e. The van der Waals surface area contributed by atoms with E-state index in [4.69, 9.17) is 0 Å². The predicted molar refractivity (Wildman–Crippen MR) is 128 cm³/mol. The van der Waals surface area contributed by atoms with Gasteiger partial charge in [-0.2, -0.15) is 11.8 Å². The zero-order chi connectivity index (χ0) is 19.4. The standard InChI is InChI=1S/C19H30N4O2S2.HI/c1-14(2)18-13-23(10-11-26-18)19(20-3)21-12-15-4-8-17(9-5-15)27(24,25)22-16-6-7-16;/h4-5,8-9,14,16,18,22H,6-7,10-13H2,1-3H3,(H,20,21);1H. The van der Waals surface area contributed by atoms with Crippen molar-refractivity contribution in [2.75, 3.05) is 25.9 Å². The number of halogens is 1. The Hall–Kier alpha value is -0.520. The van der Waals surface area contributed by atoms with Gasteiger partial charge in [0.2, 0.25) is 10.0 Å². The topological polar surface area (TPSA) is 73.8 Å². The van der Waals surface area contributed by atoms with Gasteiger partial charge in [-0.25, -0.2) is 13.1 Å². The van der Waals surface area contributed by atoms with E-state index in [2.05, 4.69) is 33.8 Å². The molecule has 1 heterocycles. The molecule has 0 amide bonds. The first-order valence-electron chi connectivity index (χ1n) is 9.57. The van der Waals surface area contributed by atoms with Gasteiger partial charge in [-0.3, -0.25) is 4.99 Å². The number of nitrogens with one attached hydrogen (secondary N) is 2. The molecule has 1 unspecified atom stereocenters. The number of benzene rings is 1. The number of aliphatic imine (C=N–C) groups is 1. The molecule has 2 fully saturated rings. The van der Waals surface area contributed by atoms with Gasteiger partial charge in [-0.1, -0.05) is 26.0 Å². The van der Waals surface area contributed by atoms with Crippen LogP contribution in [-0.2, 0) is 16.6 Å². The third-order valence-corrected chi connectivity index (χ3v) is 8.01. The molecule has 2 N–H and O–H groups in total. The maximum absolute atomic E-state index is 12.2. The van der Waals surface area contributed by atoms with Gasteiger partial charge < -0.3 is 10.2 Å². The van der Waals surface area contributed by atoms with Crippen LogP contribution in [-0.4, -0.2) is 56.5 Å². The van der Waals surface area contributed by atoms with Crippen molar-refractivity contribution in [1.29, 1.82) is 0 Å². The van der Waals surface area contributed by atoms with Crippen molar-refractivity contribution in [3.8, 4) is 0 Å². The van der Waals surface area contributed by atoms with E-state index in [0.29, 0.717) is 22.6 Å². The van der Waals surface area contributed by atoms with Crippen molar-refractivity contribution in [3.63, 3.8) is 0 Å². The highest BCUT2D eigenvalue weighted by atomic mass is 127. The number of rotatable bonds is 6. The molecule has 0 radical (unpaired) electrons. The monoisotopic (exact) mass is 538 g/mol. The first-order chi connectivity index (χ1) is 12.9. The molecule has 0 aromatic heterocycles. The summed E-state index contributed by atoms with van der Waals surface area (Å²) >= 11 is 2.04. The van der Waals surface area contributed by atoms with E-state index < -0.39 is 10.0 Å². The minimum absolute atomic E-state index is 0. The average Bonchev–Trinajstić information content (AvgIpc) is 3.46. The average molecular weight is 539 g/mol. The third kappa shape index (κ3) is 6.50. The highest BCUT2D eigenvalue weighted by Crippen LogP contribution is 2.25. The SMILES string of the molecule is CN=C(NCc1ccc(S(=O)(=O)NC2CC2)cc1)N1CCSC(C(C)C)C1.I. The lowest BCUT2D eigenvalue weighted by Gasteiger charge is -2.36. The highest BCUT2D eigenvalue weighted by molar-refractivity contribution is 14.0. The van der Waals surface area contributed by atoms with E-state index in [1.54, 1.807) is 12.1 Å². The van der Waals surface area contributed by atoms with Crippen molar-refractivity contribution < 1.29 is 8.42 Å². The Morgan fingerprint density at radius 2 is 1.96 bits per heavy atom. The Morgan fingerprint density at radius 3 is 2.54 bits per heavy atom. The minimum atomic E-state index is -3.39. The number of thioether (sulfide) groups is 1. The van der Waals surface area contributed by atoms with Crippen LogP contribution in [0.15, 0.2) is 34.2 Å². The van der Waals surface area contributed by atoms with Crippen LogP contribution in [0.5, 0.6) is 0 Å². The maximum Gasteiger partial charge on any atom is 0.240 e. The molecule has 1 atom stereocenters. The molecule has 1 aromatic rings. The van der Waals surface area contributed by atoms with Crippen molar-refractivity contribution in [1.82, 2.24) is 14.9 Å². The van der Waals surface area contributed by atoms with Gasteiger partial charge in [0.15, 0.2) is 5.96 Å². The quantitative estimate of drug-likeness (QED) is 0.331. The summed E-state index contributed by atoms with van der Waals surface area (Å²) in [5.74, 6) is 2.67. The Balaban J connectivity index is 0.00000280.